The predicted octanol–water partition coefficient (Wildman–Crippen LogP) is 2.79. The first kappa shape index (κ1) is 9.60. The van der Waals surface area contributed by atoms with Crippen LogP contribution in [0.15, 0.2) is 11.0 Å². The Kier molecular flexibility index (Phi) is 3.33. The van der Waals surface area contributed by atoms with E-state index in [1.807, 2.05) is 0 Å². The second-order valence-corrected chi connectivity index (χ2v) is 5.62. The lowest BCUT2D eigenvalue weighted by Crippen LogP contribution is -2.33. The Bertz CT molecular complexity index is 194. The smallest absolute Gasteiger partial charge is 0.0123 e. The van der Waals surface area contributed by atoms with Crippen LogP contribution in [0.2, 0.25) is 0 Å². The van der Waals surface area contributed by atoms with Gasteiger partial charge in [0.2, 0.25) is 0 Å². The minimum Gasteiger partial charge on any atom is -0.317 e. The molecule has 0 aromatic carbocycles. The summed E-state index contributed by atoms with van der Waals surface area (Å²) in [5.74, 6) is 0.981. The van der Waals surface area contributed by atoms with Gasteiger partial charge in [0.25, 0.3) is 0 Å². The molecule has 74 valence electrons. The van der Waals surface area contributed by atoms with Crippen LogP contribution in [0.4, 0.5) is 0 Å². The lowest BCUT2D eigenvalue weighted by atomic mass is 9.92. The highest BCUT2D eigenvalue weighted by Crippen LogP contribution is 2.37. The molecule has 2 aliphatic heterocycles. The SMILES string of the molecule is CC1=CCCC(C2CCNCC2)S1. The van der Waals surface area contributed by atoms with Crippen LogP contribution in [-0.2, 0) is 0 Å². The molecule has 0 saturated carbocycles. The fourth-order valence-corrected chi connectivity index (χ4v) is 3.75. The minimum absolute atomic E-state index is 0.923. The molecule has 2 rings (SSSR count). The van der Waals surface area contributed by atoms with Crippen LogP contribution in [0, 0.1) is 5.92 Å². The normalized spacial score (nSPS) is 31.5. The molecule has 0 aromatic heterocycles. The molecule has 1 fully saturated rings. The summed E-state index contributed by atoms with van der Waals surface area (Å²) in [4.78, 5) is 1.55. The first-order valence-electron chi connectivity index (χ1n) is 5.40. The zero-order chi connectivity index (χ0) is 9.10. The third-order valence-corrected chi connectivity index (χ3v) is 4.59. The summed E-state index contributed by atoms with van der Waals surface area (Å²) in [5, 5.41) is 4.36. The van der Waals surface area contributed by atoms with Crippen molar-refractivity contribution >= 4 is 11.8 Å². The van der Waals surface area contributed by atoms with Crippen molar-refractivity contribution in [3.05, 3.63) is 11.0 Å². The quantitative estimate of drug-likeness (QED) is 0.693. The molecule has 0 amide bonds. The van der Waals surface area contributed by atoms with E-state index in [4.69, 9.17) is 0 Å². The van der Waals surface area contributed by atoms with Gasteiger partial charge in [-0.1, -0.05) is 6.08 Å². The summed E-state index contributed by atoms with van der Waals surface area (Å²) in [5.41, 5.74) is 0. The third kappa shape index (κ3) is 2.50. The average Bonchev–Trinajstić information content (AvgIpc) is 2.19. The maximum absolute atomic E-state index is 3.44. The number of nitrogens with one attached hydrogen (secondary N) is 1. The lowest BCUT2D eigenvalue weighted by Gasteiger charge is -2.32. The second-order valence-electron chi connectivity index (χ2n) is 4.14. The summed E-state index contributed by atoms with van der Waals surface area (Å²) in [7, 11) is 0. The van der Waals surface area contributed by atoms with Crippen LogP contribution < -0.4 is 5.32 Å². The van der Waals surface area contributed by atoms with Crippen molar-refractivity contribution in [3.63, 3.8) is 0 Å². The molecule has 0 aromatic rings. The first-order valence-corrected chi connectivity index (χ1v) is 6.28. The number of allylic oxidation sites excluding steroid dienone is 2. The van der Waals surface area contributed by atoms with Crippen LogP contribution in [0.3, 0.4) is 0 Å². The highest BCUT2D eigenvalue weighted by Gasteiger charge is 2.25. The summed E-state index contributed by atoms with van der Waals surface area (Å²) in [6.45, 7) is 4.74. The third-order valence-electron chi connectivity index (χ3n) is 3.13. The number of hydrogen-bond acceptors (Lipinski definition) is 2. The van der Waals surface area contributed by atoms with Gasteiger partial charge >= 0.3 is 0 Å². The predicted molar refractivity (Wildman–Crippen MR) is 60.0 cm³/mol. The monoisotopic (exact) mass is 197 g/mol. The van der Waals surface area contributed by atoms with Gasteiger partial charge in [0.15, 0.2) is 0 Å². The van der Waals surface area contributed by atoms with Crippen molar-refractivity contribution in [2.24, 2.45) is 5.92 Å². The van der Waals surface area contributed by atoms with Gasteiger partial charge < -0.3 is 5.32 Å². The van der Waals surface area contributed by atoms with E-state index in [1.54, 1.807) is 4.91 Å². The fourth-order valence-electron chi connectivity index (χ4n) is 2.34. The molecule has 1 N–H and O–H groups in total. The van der Waals surface area contributed by atoms with E-state index in [-0.39, 0.29) is 0 Å². The molecule has 0 bridgehead atoms. The number of rotatable bonds is 1. The van der Waals surface area contributed by atoms with Gasteiger partial charge in [-0.15, -0.1) is 11.8 Å². The molecule has 2 aliphatic rings. The maximum atomic E-state index is 3.44. The number of thioether (sulfide) groups is 1. The highest BCUT2D eigenvalue weighted by atomic mass is 32.2. The zero-order valence-electron chi connectivity index (χ0n) is 8.38. The highest BCUT2D eigenvalue weighted by molar-refractivity contribution is 8.03. The van der Waals surface area contributed by atoms with Crippen LogP contribution in [-0.4, -0.2) is 18.3 Å². The molecule has 13 heavy (non-hydrogen) atoms. The Hall–Kier alpha value is 0.0500. The Morgan fingerprint density at radius 1 is 1.31 bits per heavy atom. The molecular formula is C11H19NS. The number of piperidine rings is 1. The molecular weight excluding hydrogens is 178 g/mol. The van der Waals surface area contributed by atoms with E-state index < -0.39 is 0 Å². The molecule has 0 radical (unpaired) electrons. The molecule has 1 atom stereocenters. The Morgan fingerprint density at radius 3 is 2.77 bits per heavy atom. The standard InChI is InChI=1S/C11H19NS/c1-9-3-2-4-11(13-9)10-5-7-12-8-6-10/h3,10-12H,2,4-8H2,1H3. The molecule has 1 nitrogen and oxygen atoms in total. The average molecular weight is 197 g/mol. The maximum Gasteiger partial charge on any atom is 0.0123 e. The van der Waals surface area contributed by atoms with Gasteiger partial charge in [-0.05, 0) is 56.5 Å². The molecule has 2 heteroatoms. The van der Waals surface area contributed by atoms with Gasteiger partial charge in [-0.3, -0.25) is 0 Å². The topological polar surface area (TPSA) is 12.0 Å². The van der Waals surface area contributed by atoms with E-state index in [9.17, 15) is 0 Å². The first-order chi connectivity index (χ1) is 6.36. The van der Waals surface area contributed by atoms with Gasteiger partial charge in [0.05, 0.1) is 0 Å². The molecule has 2 heterocycles. The van der Waals surface area contributed by atoms with Crippen LogP contribution in [0.5, 0.6) is 0 Å². The van der Waals surface area contributed by atoms with Crippen LogP contribution >= 0.6 is 11.8 Å². The van der Waals surface area contributed by atoms with Gasteiger partial charge in [0, 0.05) is 5.25 Å². The second kappa shape index (κ2) is 4.52. The van der Waals surface area contributed by atoms with Crippen molar-refractivity contribution in [2.45, 2.75) is 37.9 Å². The van der Waals surface area contributed by atoms with Crippen molar-refractivity contribution < 1.29 is 0 Å². The van der Waals surface area contributed by atoms with E-state index in [0.29, 0.717) is 0 Å². The Labute approximate surface area is 85.4 Å². The molecule has 1 saturated heterocycles. The van der Waals surface area contributed by atoms with E-state index in [2.05, 4.69) is 30.1 Å². The van der Waals surface area contributed by atoms with Gasteiger partial charge in [0.1, 0.15) is 0 Å². The van der Waals surface area contributed by atoms with E-state index in [0.717, 1.165) is 11.2 Å². The van der Waals surface area contributed by atoms with Crippen molar-refractivity contribution in [2.75, 3.05) is 13.1 Å². The number of hydrogen-bond donors (Lipinski definition) is 1. The fraction of sp³-hybridized carbons (Fsp3) is 0.818. The molecule has 0 spiro atoms. The Balaban J connectivity index is 1.89. The summed E-state index contributed by atoms with van der Waals surface area (Å²) < 4.78 is 0. The van der Waals surface area contributed by atoms with Gasteiger partial charge in [-0.2, -0.15) is 0 Å². The van der Waals surface area contributed by atoms with Crippen molar-refractivity contribution in [3.8, 4) is 0 Å². The minimum atomic E-state index is 0.923. The summed E-state index contributed by atoms with van der Waals surface area (Å²) in [6, 6.07) is 0. The van der Waals surface area contributed by atoms with Gasteiger partial charge in [-0.25, -0.2) is 0 Å². The van der Waals surface area contributed by atoms with E-state index >= 15 is 0 Å². The van der Waals surface area contributed by atoms with Crippen molar-refractivity contribution in [1.82, 2.24) is 5.32 Å². The lowest BCUT2D eigenvalue weighted by molar-refractivity contribution is 0.356. The molecule has 1 unspecified atom stereocenters. The van der Waals surface area contributed by atoms with E-state index in [1.165, 1.54) is 38.8 Å². The Morgan fingerprint density at radius 2 is 2.08 bits per heavy atom. The summed E-state index contributed by atoms with van der Waals surface area (Å²) >= 11 is 2.13. The summed E-state index contributed by atoms with van der Waals surface area (Å²) in [6.07, 6.45) is 7.90. The zero-order valence-corrected chi connectivity index (χ0v) is 9.20. The van der Waals surface area contributed by atoms with Crippen molar-refractivity contribution in [1.29, 1.82) is 0 Å². The largest absolute Gasteiger partial charge is 0.317 e. The van der Waals surface area contributed by atoms with Crippen LogP contribution in [0.1, 0.15) is 32.6 Å². The molecule has 0 aliphatic carbocycles. The van der Waals surface area contributed by atoms with Crippen LogP contribution in [0.25, 0.3) is 0 Å².